The first-order valence-electron chi connectivity index (χ1n) is 11.3. The fraction of sp³-hybridized carbons (Fsp3) is 0.259. The predicted molar refractivity (Wildman–Crippen MR) is 128 cm³/mol. The van der Waals surface area contributed by atoms with Gasteiger partial charge in [0.1, 0.15) is 5.75 Å². The van der Waals surface area contributed by atoms with Crippen LogP contribution >= 0.6 is 11.6 Å². The second kappa shape index (κ2) is 9.12. The lowest BCUT2D eigenvalue weighted by atomic mass is 10.0. The van der Waals surface area contributed by atoms with Crippen LogP contribution in [0.3, 0.4) is 0 Å². The van der Waals surface area contributed by atoms with Gasteiger partial charge >= 0.3 is 5.97 Å². The Bertz CT molecular complexity index is 1270. The molecule has 0 aromatic heterocycles. The average Bonchev–Trinajstić information content (AvgIpc) is 3.47. The molecule has 0 saturated heterocycles. The van der Waals surface area contributed by atoms with E-state index >= 15 is 0 Å². The van der Waals surface area contributed by atoms with Crippen molar-refractivity contribution in [3.8, 4) is 16.9 Å². The van der Waals surface area contributed by atoms with Gasteiger partial charge in [-0.2, -0.15) is 0 Å². The Morgan fingerprint density at radius 1 is 1.03 bits per heavy atom. The zero-order valence-corrected chi connectivity index (χ0v) is 19.2. The molecule has 2 aliphatic rings. The fourth-order valence-corrected chi connectivity index (χ4v) is 5.04. The van der Waals surface area contributed by atoms with Crippen LogP contribution < -0.4 is 4.74 Å². The maximum Gasteiger partial charge on any atom is 0.337 e. The Balaban J connectivity index is 1.34. The molecule has 6 nitrogen and oxygen atoms in total. The Labute approximate surface area is 202 Å². The second-order valence-corrected chi connectivity index (χ2v) is 9.19. The summed E-state index contributed by atoms with van der Waals surface area (Å²) in [5.74, 6) is -0.546. The lowest BCUT2D eigenvalue weighted by Crippen LogP contribution is -2.33. The van der Waals surface area contributed by atoms with E-state index in [1.165, 1.54) is 6.07 Å². The molecule has 7 heteroatoms. The maximum absolute atomic E-state index is 12.8. The molecule has 1 saturated carbocycles. The van der Waals surface area contributed by atoms with E-state index < -0.39 is 12.3 Å². The number of fused-ring (bicyclic) bond motifs is 1. The molecule has 3 aromatic rings. The van der Waals surface area contributed by atoms with Crippen molar-refractivity contribution in [3.05, 3.63) is 87.9 Å². The van der Waals surface area contributed by atoms with Gasteiger partial charge in [-0.25, -0.2) is 4.79 Å². The molecule has 174 valence electrons. The van der Waals surface area contributed by atoms with Crippen LogP contribution in [-0.4, -0.2) is 33.0 Å². The van der Waals surface area contributed by atoms with E-state index in [1.54, 1.807) is 42.5 Å². The number of halogens is 1. The molecule has 1 heterocycles. The van der Waals surface area contributed by atoms with Crippen molar-refractivity contribution in [2.75, 3.05) is 0 Å². The van der Waals surface area contributed by atoms with Crippen LogP contribution in [0.25, 0.3) is 11.1 Å². The first-order valence-corrected chi connectivity index (χ1v) is 11.7. The van der Waals surface area contributed by atoms with Gasteiger partial charge in [0.2, 0.25) is 6.29 Å². The van der Waals surface area contributed by atoms with Crippen molar-refractivity contribution in [2.45, 2.75) is 44.6 Å². The van der Waals surface area contributed by atoms with Gasteiger partial charge in [-0.15, -0.1) is 0 Å². The molecule has 1 unspecified atom stereocenters. The van der Waals surface area contributed by atoms with Crippen molar-refractivity contribution in [1.82, 2.24) is 4.90 Å². The van der Waals surface area contributed by atoms with Gasteiger partial charge < -0.3 is 19.8 Å². The summed E-state index contributed by atoms with van der Waals surface area (Å²) in [5, 5.41) is 20.2. The molecule has 0 radical (unpaired) electrons. The van der Waals surface area contributed by atoms with Crippen LogP contribution in [0.2, 0.25) is 5.02 Å². The summed E-state index contributed by atoms with van der Waals surface area (Å²) in [4.78, 5) is 26.2. The summed E-state index contributed by atoms with van der Waals surface area (Å²) >= 11 is 5.98. The molecule has 2 N–H and O–H groups in total. The minimum absolute atomic E-state index is 0.0145. The van der Waals surface area contributed by atoms with Gasteiger partial charge in [-0.1, -0.05) is 48.7 Å². The van der Waals surface area contributed by atoms with Gasteiger partial charge in [0.25, 0.3) is 5.91 Å². The lowest BCUT2D eigenvalue weighted by Gasteiger charge is -2.23. The van der Waals surface area contributed by atoms with Crippen LogP contribution in [0.5, 0.6) is 5.75 Å². The Hall–Kier alpha value is -3.35. The van der Waals surface area contributed by atoms with Crippen molar-refractivity contribution in [2.24, 2.45) is 0 Å². The smallest absolute Gasteiger partial charge is 0.337 e. The number of aliphatic hydroxyl groups excluding tert-OH is 1. The van der Waals surface area contributed by atoms with E-state index in [-0.39, 0.29) is 16.5 Å². The van der Waals surface area contributed by atoms with Gasteiger partial charge in [-0.05, 0) is 65.9 Å². The molecule has 1 amide bonds. The van der Waals surface area contributed by atoms with Gasteiger partial charge in [0.15, 0.2) is 0 Å². The zero-order chi connectivity index (χ0) is 23.8. The maximum atomic E-state index is 12.8. The quantitative estimate of drug-likeness (QED) is 0.446. The average molecular weight is 478 g/mol. The third kappa shape index (κ3) is 4.27. The molecular weight excluding hydrogens is 454 g/mol. The number of carbonyl (C=O) groups excluding carboxylic acids is 1. The van der Waals surface area contributed by atoms with Crippen molar-refractivity contribution >= 4 is 23.5 Å². The van der Waals surface area contributed by atoms with E-state index in [9.17, 15) is 19.8 Å². The summed E-state index contributed by atoms with van der Waals surface area (Å²) in [6.07, 6.45) is 3.21. The van der Waals surface area contributed by atoms with E-state index in [2.05, 4.69) is 0 Å². The lowest BCUT2D eigenvalue weighted by molar-refractivity contribution is -0.0194. The van der Waals surface area contributed by atoms with Crippen LogP contribution in [0.4, 0.5) is 0 Å². The standard InChI is InChI=1S/C27H24ClNO5/c28-24-11-8-17(14-23(24)26(31)32)16-4-3-5-18(12-16)27(33)34-21-9-10-22-19(13-21)15-29(25(22)30)20-6-1-2-7-20/h3-5,8-14,20,27,33H,1-2,6-7,15H2,(H,31,32). The molecular formula is C27H24ClNO5. The Morgan fingerprint density at radius 3 is 2.56 bits per heavy atom. The summed E-state index contributed by atoms with van der Waals surface area (Å²) in [5.41, 5.74) is 3.55. The number of aromatic carboxylic acids is 1. The number of rotatable bonds is 6. The minimum Gasteiger partial charge on any atom is -0.478 e. The zero-order valence-electron chi connectivity index (χ0n) is 18.4. The molecule has 5 rings (SSSR count). The summed E-state index contributed by atoms with van der Waals surface area (Å²) in [6, 6.07) is 17.5. The van der Waals surface area contributed by atoms with Crippen molar-refractivity contribution in [1.29, 1.82) is 0 Å². The molecule has 1 atom stereocenters. The molecule has 1 fully saturated rings. The van der Waals surface area contributed by atoms with E-state index in [0.717, 1.165) is 36.8 Å². The number of hydrogen-bond donors (Lipinski definition) is 2. The fourth-order valence-electron chi connectivity index (χ4n) is 4.84. The highest BCUT2D eigenvalue weighted by atomic mass is 35.5. The van der Waals surface area contributed by atoms with Gasteiger partial charge in [0.05, 0.1) is 10.6 Å². The van der Waals surface area contributed by atoms with Crippen molar-refractivity contribution in [3.63, 3.8) is 0 Å². The Morgan fingerprint density at radius 2 is 1.79 bits per heavy atom. The highest BCUT2D eigenvalue weighted by Gasteiger charge is 2.34. The highest BCUT2D eigenvalue weighted by molar-refractivity contribution is 6.33. The largest absolute Gasteiger partial charge is 0.478 e. The van der Waals surface area contributed by atoms with Gasteiger partial charge in [-0.3, -0.25) is 4.79 Å². The van der Waals surface area contributed by atoms with E-state index in [1.807, 2.05) is 17.0 Å². The molecule has 1 aliphatic carbocycles. The molecule has 3 aromatic carbocycles. The first kappa shape index (κ1) is 22.4. The van der Waals surface area contributed by atoms with E-state index in [0.29, 0.717) is 35.0 Å². The van der Waals surface area contributed by atoms with Gasteiger partial charge in [0, 0.05) is 23.7 Å². The SMILES string of the molecule is O=C(O)c1cc(-c2cccc(C(O)Oc3ccc4c(c3)CN(C3CCCC3)C4=O)c2)ccc1Cl. The van der Waals surface area contributed by atoms with Crippen LogP contribution in [0.15, 0.2) is 60.7 Å². The normalized spacial score (nSPS) is 16.5. The number of hydrogen-bond acceptors (Lipinski definition) is 4. The van der Waals surface area contributed by atoms with Crippen LogP contribution in [0, 0.1) is 0 Å². The predicted octanol–water partition coefficient (Wildman–Crippen LogP) is 5.67. The van der Waals surface area contributed by atoms with Crippen LogP contribution in [0.1, 0.15) is 63.8 Å². The number of aliphatic hydroxyl groups is 1. The summed E-state index contributed by atoms with van der Waals surface area (Å²) in [6.45, 7) is 0.574. The van der Waals surface area contributed by atoms with Crippen LogP contribution in [-0.2, 0) is 6.54 Å². The minimum atomic E-state index is -1.23. The van der Waals surface area contributed by atoms with E-state index in [4.69, 9.17) is 16.3 Å². The highest BCUT2D eigenvalue weighted by Crippen LogP contribution is 2.34. The third-order valence-electron chi connectivity index (χ3n) is 6.62. The Kier molecular flexibility index (Phi) is 6.02. The number of carboxylic acid groups (broad SMARTS) is 1. The number of nitrogens with zero attached hydrogens (tertiary/aromatic N) is 1. The number of benzene rings is 3. The first-order chi connectivity index (χ1) is 16.4. The topological polar surface area (TPSA) is 87.1 Å². The molecule has 0 bridgehead atoms. The number of ether oxygens (including phenoxy) is 1. The summed E-state index contributed by atoms with van der Waals surface area (Å²) < 4.78 is 5.80. The monoisotopic (exact) mass is 477 g/mol. The molecule has 1 aliphatic heterocycles. The third-order valence-corrected chi connectivity index (χ3v) is 6.95. The van der Waals surface area contributed by atoms with Crippen molar-refractivity contribution < 1.29 is 24.5 Å². The number of amides is 1. The summed E-state index contributed by atoms with van der Waals surface area (Å²) in [7, 11) is 0. The number of carboxylic acids is 1. The molecule has 34 heavy (non-hydrogen) atoms. The second-order valence-electron chi connectivity index (χ2n) is 8.79. The number of carbonyl (C=O) groups is 2. The molecule has 0 spiro atoms.